The van der Waals surface area contributed by atoms with E-state index in [4.69, 9.17) is 0 Å². The molecule has 0 radical (unpaired) electrons. The number of rotatable bonds is 4. The van der Waals surface area contributed by atoms with Gasteiger partial charge in [0, 0.05) is 0 Å². The summed E-state index contributed by atoms with van der Waals surface area (Å²) in [6.07, 6.45) is -1.94. The van der Waals surface area contributed by atoms with E-state index < -0.39 is 17.3 Å². The number of tetrazole rings is 1. The van der Waals surface area contributed by atoms with Crippen LogP contribution in [-0.2, 0) is 18.3 Å². The third-order valence-electron chi connectivity index (χ3n) is 5.18. The van der Waals surface area contributed by atoms with E-state index in [1.165, 1.54) is 12.1 Å². The molecule has 0 saturated carbocycles. The molecule has 1 N–H and O–H groups in total. The van der Waals surface area contributed by atoms with Gasteiger partial charge in [-0.3, -0.25) is 0 Å². The predicted octanol–water partition coefficient (Wildman–Crippen LogP) is 3.76. The summed E-state index contributed by atoms with van der Waals surface area (Å²) in [6, 6.07) is 15.2. The largest absolute Gasteiger partial charge is 0.416 e. The van der Waals surface area contributed by atoms with Crippen LogP contribution in [0.3, 0.4) is 0 Å². The fourth-order valence-corrected chi connectivity index (χ4v) is 3.81. The molecule has 1 unspecified atom stereocenters. The number of hydrogen-bond donors (Lipinski definition) is 1. The average Bonchev–Trinajstić information content (AvgIpc) is 3.17. The molecule has 2 aromatic carbocycles. The Morgan fingerprint density at radius 2 is 1.86 bits per heavy atom. The van der Waals surface area contributed by atoms with Gasteiger partial charge in [0.05, 0.1) is 12.1 Å². The van der Waals surface area contributed by atoms with Crippen LogP contribution in [0.5, 0.6) is 0 Å². The number of nitrogens with one attached hydrogen (secondary N) is 1. The molecule has 0 amide bonds. The van der Waals surface area contributed by atoms with Gasteiger partial charge in [0.15, 0.2) is 5.82 Å². The topological polar surface area (TPSA) is 55.6 Å². The third kappa shape index (κ3) is 3.52. The van der Waals surface area contributed by atoms with Gasteiger partial charge in [0.2, 0.25) is 0 Å². The second kappa shape index (κ2) is 7.35. The molecule has 1 aromatic heterocycles. The molecule has 1 atom stereocenters. The molecule has 4 rings (SSSR count). The highest BCUT2D eigenvalue weighted by molar-refractivity contribution is 5.37. The molecule has 5 nitrogen and oxygen atoms in total. The summed E-state index contributed by atoms with van der Waals surface area (Å²) in [7, 11) is 0. The van der Waals surface area contributed by atoms with E-state index in [0.29, 0.717) is 30.9 Å². The number of hydrogen-bond acceptors (Lipinski definition) is 4. The zero-order valence-corrected chi connectivity index (χ0v) is 15.2. The van der Waals surface area contributed by atoms with Crippen molar-refractivity contribution < 1.29 is 13.2 Å². The van der Waals surface area contributed by atoms with Crippen molar-refractivity contribution in [2.45, 2.75) is 37.5 Å². The number of piperidine rings is 1. The van der Waals surface area contributed by atoms with Crippen LogP contribution < -0.4 is 5.32 Å². The van der Waals surface area contributed by atoms with Gasteiger partial charge >= 0.3 is 6.18 Å². The Hall–Kier alpha value is -2.74. The second-order valence-corrected chi connectivity index (χ2v) is 7.01. The van der Waals surface area contributed by atoms with Crippen LogP contribution in [0.1, 0.15) is 41.8 Å². The molecule has 8 heteroatoms. The molecule has 28 heavy (non-hydrogen) atoms. The van der Waals surface area contributed by atoms with E-state index in [9.17, 15) is 13.2 Å². The summed E-state index contributed by atoms with van der Waals surface area (Å²) in [6.45, 7) is 1.14. The fraction of sp³-hybridized carbons (Fsp3) is 0.350. The van der Waals surface area contributed by atoms with Crippen molar-refractivity contribution in [2.24, 2.45) is 0 Å². The molecule has 0 spiro atoms. The summed E-state index contributed by atoms with van der Waals surface area (Å²) in [5, 5.41) is 15.6. The summed E-state index contributed by atoms with van der Waals surface area (Å²) < 4.78 is 41.6. The minimum Gasteiger partial charge on any atom is -0.301 e. The van der Waals surface area contributed by atoms with Crippen molar-refractivity contribution >= 4 is 0 Å². The van der Waals surface area contributed by atoms with Crippen molar-refractivity contribution in [3.63, 3.8) is 0 Å². The average molecular weight is 387 g/mol. The first-order valence-corrected chi connectivity index (χ1v) is 9.22. The molecule has 2 heterocycles. The third-order valence-corrected chi connectivity index (χ3v) is 5.18. The summed E-state index contributed by atoms with van der Waals surface area (Å²) in [5.41, 5.74) is 0.0358. The number of benzene rings is 2. The lowest BCUT2D eigenvalue weighted by atomic mass is 9.80. The summed E-state index contributed by atoms with van der Waals surface area (Å²) >= 11 is 0. The molecule has 1 aliphatic rings. The molecule has 1 aliphatic heterocycles. The minimum absolute atomic E-state index is 0.450. The summed E-state index contributed by atoms with van der Waals surface area (Å²) in [5.74, 6) is 0.537. The first-order valence-electron chi connectivity index (χ1n) is 9.22. The monoisotopic (exact) mass is 387 g/mol. The van der Waals surface area contributed by atoms with E-state index in [2.05, 4.69) is 20.8 Å². The van der Waals surface area contributed by atoms with Crippen LogP contribution in [0.25, 0.3) is 0 Å². The first-order chi connectivity index (χ1) is 13.5. The smallest absolute Gasteiger partial charge is 0.301 e. The van der Waals surface area contributed by atoms with Crippen molar-refractivity contribution in [1.29, 1.82) is 0 Å². The number of alkyl halides is 3. The van der Waals surface area contributed by atoms with Gasteiger partial charge in [-0.05, 0) is 59.5 Å². The highest BCUT2D eigenvalue weighted by Gasteiger charge is 2.42. The number of halogens is 3. The summed E-state index contributed by atoms with van der Waals surface area (Å²) in [4.78, 5) is 0. The van der Waals surface area contributed by atoms with Crippen LogP contribution in [0.15, 0.2) is 54.6 Å². The van der Waals surface area contributed by atoms with E-state index >= 15 is 0 Å². The van der Waals surface area contributed by atoms with Crippen molar-refractivity contribution in [3.8, 4) is 0 Å². The van der Waals surface area contributed by atoms with Crippen LogP contribution in [-0.4, -0.2) is 26.8 Å². The number of aromatic nitrogens is 4. The molecule has 146 valence electrons. The Kier molecular flexibility index (Phi) is 4.89. The van der Waals surface area contributed by atoms with Crippen molar-refractivity contribution in [3.05, 3.63) is 77.1 Å². The Morgan fingerprint density at radius 3 is 2.57 bits per heavy atom. The van der Waals surface area contributed by atoms with E-state index in [1.54, 1.807) is 10.7 Å². The van der Waals surface area contributed by atoms with Crippen LogP contribution in [0.4, 0.5) is 13.2 Å². The molecular formula is C20H20F3N5. The maximum absolute atomic E-state index is 13.3. The Labute approximate surface area is 160 Å². The minimum atomic E-state index is -4.40. The highest BCUT2D eigenvalue weighted by atomic mass is 19.4. The van der Waals surface area contributed by atoms with Gasteiger partial charge < -0.3 is 5.32 Å². The zero-order chi connectivity index (χ0) is 19.6. The van der Waals surface area contributed by atoms with Gasteiger partial charge in [0.1, 0.15) is 5.54 Å². The second-order valence-electron chi connectivity index (χ2n) is 7.01. The lowest BCUT2D eigenvalue weighted by molar-refractivity contribution is -0.137. The van der Waals surface area contributed by atoms with Crippen LogP contribution in [0.2, 0.25) is 0 Å². The van der Waals surface area contributed by atoms with Gasteiger partial charge in [-0.2, -0.15) is 13.2 Å². The molecule has 0 aliphatic carbocycles. The molecule has 3 aromatic rings. The lowest BCUT2D eigenvalue weighted by Gasteiger charge is -2.38. The Balaban J connectivity index is 1.79. The predicted molar refractivity (Wildman–Crippen MR) is 97.4 cm³/mol. The Morgan fingerprint density at radius 1 is 1.04 bits per heavy atom. The normalized spacial score (nSPS) is 20.2. The van der Waals surface area contributed by atoms with Gasteiger partial charge in [-0.15, -0.1) is 5.10 Å². The van der Waals surface area contributed by atoms with Crippen LogP contribution >= 0.6 is 0 Å². The standard InChI is InChI=1S/C20H20F3N5/c21-20(22,23)17-10-6-9-16(13-17)19(11-4-5-12-24-19)18-25-26-27-28(18)14-15-7-2-1-3-8-15/h1-3,6-10,13,24H,4-5,11-12,14H2. The van der Waals surface area contributed by atoms with E-state index in [0.717, 1.165) is 24.5 Å². The fourth-order valence-electron chi connectivity index (χ4n) is 3.81. The maximum atomic E-state index is 13.3. The highest BCUT2D eigenvalue weighted by Crippen LogP contribution is 2.38. The van der Waals surface area contributed by atoms with Crippen LogP contribution in [0, 0.1) is 0 Å². The Bertz CT molecular complexity index is 930. The quantitative estimate of drug-likeness (QED) is 0.741. The SMILES string of the molecule is FC(F)(F)c1cccc(C2(c3nnnn3Cc3ccccc3)CCCCN2)c1. The van der Waals surface area contributed by atoms with E-state index in [-0.39, 0.29) is 0 Å². The maximum Gasteiger partial charge on any atom is 0.416 e. The van der Waals surface area contributed by atoms with Gasteiger partial charge in [-0.25, -0.2) is 4.68 Å². The van der Waals surface area contributed by atoms with Crippen molar-refractivity contribution in [1.82, 2.24) is 25.5 Å². The zero-order valence-electron chi connectivity index (χ0n) is 15.2. The van der Waals surface area contributed by atoms with Gasteiger partial charge in [-0.1, -0.05) is 42.5 Å². The van der Waals surface area contributed by atoms with Gasteiger partial charge in [0.25, 0.3) is 0 Å². The lowest BCUT2D eigenvalue weighted by Crippen LogP contribution is -2.49. The van der Waals surface area contributed by atoms with Crippen molar-refractivity contribution in [2.75, 3.05) is 6.54 Å². The molecular weight excluding hydrogens is 367 g/mol. The molecule has 1 saturated heterocycles. The molecule has 0 bridgehead atoms. The van der Waals surface area contributed by atoms with E-state index in [1.807, 2.05) is 30.3 Å². The first kappa shape index (κ1) is 18.6. The number of nitrogens with zero attached hydrogens (tertiary/aromatic N) is 4. The molecule has 1 fully saturated rings.